The smallest absolute Gasteiger partial charge is 0.328 e. The molecule has 0 aromatic heterocycles. The number of aryl methyl sites for hydroxylation is 1. The van der Waals surface area contributed by atoms with Gasteiger partial charge in [-0.1, -0.05) is 54.6 Å². The zero-order valence-corrected chi connectivity index (χ0v) is 18.5. The molecule has 2 aliphatic rings. The van der Waals surface area contributed by atoms with Gasteiger partial charge in [-0.2, -0.15) is 0 Å². The van der Waals surface area contributed by atoms with Crippen molar-refractivity contribution in [3.63, 3.8) is 0 Å². The number of amides is 3. The summed E-state index contributed by atoms with van der Waals surface area (Å²) < 4.78 is 0. The predicted octanol–water partition coefficient (Wildman–Crippen LogP) is 2.56. The first kappa shape index (κ1) is 21.1. The molecule has 7 heteroatoms. The van der Waals surface area contributed by atoms with Gasteiger partial charge in [-0.15, -0.1) is 0 Å². The minimum absolute atomic E-state index is 0.203. The van der Waals surface area contributed by atoms with Gasteiger partial charge in [0.25, 0.3) is 5.91 Å². The summed E-state index contributed by atoms with van der Waals surface area (Å²) in [5, 5.41) is 0. The Morgan fingerprint density at radius 1 is 0.968 bits per heavy atom. The molecule has 0 bridgehead atoms. The van der Waals surface area contributed by atoms with Crippen LogP contribution >= 0.6 is 0 Å². The molecule has 7 nitrogen and oxygen atoms in total. The van der Waals surface area contributed by atoms with E-state index in [1.165, 1.54) is 16.0 Å². The third-order valence-electron chi connectivity index (χ3n) is 6.11. The monoisotopic (exact) mass is 419 g/mol. The highest BCUT2D eigenvalue weighted by atomic mass is 16.2. The first-order chi connectivity index (χ1) is 14.9. The molecule has 2 unspecified atom stereocenters. The number of carbonyl (C=O) groups is 2. The molecule has 0 saturated carbocycles. The molecule has 2 aromatic carbocycles. The van der Waals surface area contributed by atoms with Gasteiger partial charge >= 0.3 is 6.03 Å². The van der Waals surface area contributed by atoms with Gasteiger partial charge in [0.2, 0.25) is 0 Å². The van der Waals surface area contributed by atoms with Crippen LogP contribution in [0.5, 0.6) is 0 Å². The standard InChI is InChI=1S/C24H29N5O2/c1-17-10-8-9-13-19(17)15-29-20(16-26(2)14-18-11-6-5-7-12-18)25-22-21(29)23(30)28(4)24(31)27(22)3/h5-13,21-22H,14-16H2,1-4H3. The van der Waals surface area contributed by atoms with E-state index in [-0.39, 0.29) is 11.9 Å². The average Bonchev–Trinajstić information content (AvgIpc) is 3.11. The number of nitrogens with zero attached hydrogens (tertiary/aromatic N) is 5. The fourth-order valence-corrected chi connectivity index (χ4v) is 4.31. The summed E-state index contributed by atoms with van der Waals surface area (Å²) in [4.78, 5) is 37.5. The summed E-state index contributed by atoms with van der Waals surface area (Å²) in [7, 11) is 5.31. The Hall–Kier alpha value is -3.19. The number of imide groups is 1. The van der Waals surface area contributed by atoms with Crippen LogP contribution in [-0.4, -0.2) is 77.3 Å². The maximum atomic E-state index is 13.1. The van der Waals surface area contributed by atoms with E-state index in [4.69, 9.17) is 4.99 Å². The minimum Gasteiger partial charge on any atom is -0.339 e. The van der Waals surface area contributed by atoms with E-state index in [1.54, 1.807) is 19.0 Å². The van der Waals surface area contributed by atoms with E-state index in [2.05, 4.69) is 41.0 Å². The van der Waals surface area contributed by atoms with Crippen molar-refractivity contribution in [3.8, 4) is 0 Å². The lowest BCUT2D eigenvalue weighted by atomic mass is 10.1. The largest absolute Gasteiger partial charge is 0.339 e. The molecule has 4 rings (SSSR count). The highest BCUT2D eigenvalue weighted by molar-refractivity contribution is 6.04. The molecular formula is C24H29N5O2. The first-order valence-corrected chi connectivity index (χ1v) is 10.5. The van der Waals surface area contributed by atoms with Gasteiger partial charge in [-0.3, -0.25) is 14.6 Å². The van der Waals surface area contributed by atoms with Crippen molar-refractivity contribution in [3.05, 3.63) is 71.3 Å². The Morgan fingerprint density at radius 3 is 2.35 bits per heavy atom. The summed E-state index contributed by atoms with van der Waals surface area (Å²) in [6.07, 6.45) is -0.500. The Labute approximate surface area is 183 Å². The van der Waals surface area contributed by atoms with Crippen LogP contribution in [0.3, 0.4) is 0 Å². The van der Waals surface area contributed by atoms with Crippen LogP contribution < -0.4 is 0 Å². The van der Waals surface area contributed by atoms with Crippen molar-refractivity contribution in [2.45, 2.75) is 32.2 Å². The van der Waals surface area contributed by atoms with Crippen molar-refractivity contribution in [2.24, 2.45) is 4.99 Å². The number of rotatable bonds is 6. The van der Waals surface area contributed by atoms with Crippen LogP contribution in [-0.2, 0) is 17.9 Å². The zero-order valence-electron chi connectivity index (χ0n) is 18.5. The van der Waals surface area contributed by atoms with Crippen molar-refractivity contribution in [1.82, 2.24) is 19.6 Å². The molecule has 0 spiro atoms. The van der Waals surface area contributed by atoms with E-state index in [9.17, 15) is 9.59 Å². The summed E-state index contributed by atoms with van der Waals surface area (Å²) in [5.41, 5.74) is 3.54. The fourth-order valence-electron chi connectivity index (χ4n) is 4.31. The number of aliphatic imine (C=N–C) groups is 1. The maximum absolute atomic E-state index is 13.1. The summed E-state index contributed by atoms with van der Waals surface area (Å²) in [5.74, 6) is 0.631. The van der Waals surface area contributed by atoms with Crippen LogP contribution in [0.4, 0.5) is 4.79 Å². The Bertz CT molecular complexity index is 1010. The molecule has 1 saturated heterocycles. The number of amidine groups is 1. The lowest BCUT2D eigenvalue weighted by molar-refractivity contribution is -0.136. The van der Waals surface area contributed by atoms with E-state index in [0.29, 0.717) is 13.1 Å². The van der Waals surface area contributed by atoms with Crippen LogP contribution in [0.25, 0.3) is 0 Å². The normalized spacial score (nSPS) is 21.1. The lowest BCUT2D eigenvalue weighted by Crippen LogP contribution is -2.64. The number of fused-ring (bicyclic) bond motifs is 1. The third kappa shape index (κ3) is 4.05. The maximum Gasteiger partial charge on any atom is 0.328 e. The SMILES string of the molecule is Cc1ccccc1CN1C(CN(C)Cc2ccccc2)=NC2C1C(=O)N(C)C(=O)N2C. The van der Waals surface area contributed by atoms with E-state index in [0.717, 1.165) is 17.9 Å². The number of benzene rings is 2. The van der Waals surface area contributed by atoms with Crippen LogP contribution in [0.2, 0.25) is 0 Å². The molecule has 2 heterocycles. The van der Waals surface area contributed by atoms with Gasteiger partial charge in [0.15, 0.2) is 12.2 Å². The van der Waals surface area contributed by atoms with Gasteiger partial charge in [0, 0.05) is 27.2 Å². The molecule has 2 aliphatic heterocycles. The number of urea groups is 1. The molecule has 31 heavy (non-hydrogen) atoms. The Kier molecular flexibility index (Phi) is 5.78. The number of likely N-dealkylation sites (N-methyl/N-ethyl adjacent to an activating group) is 3. The summed E-state index contributed by atoms with van der Waals surface area (Å²) >= 11 is 0. The van der Waals surface area contributed by atoms with Crippen molar-refractivity contribution >= 4 is 17.8 Å². The molecule has 0 N–H and O–H groups in total. The van der Waals surface area contributed by atoms with Crippen LogP contribution in [0.1, 0.15) is 16.7 Å². The third-order valence-corrected chi connectivity index (χ3v) is 6.11. The topological polar surface area (TPSA) is 59.5 Å². The predicted molar refractivity (Wildman–Crippen MR) is 120 cm³/mol. The van der Waals surface area contributed by atoms with Crippen molar-refractivity contribution < 1.29 is 9.59 Å². The molecule has 0 radical (unpaired) electrons. The fraction of sp³-hybridized carbons (Fsp3) is 0.375. The molecule has 1 fully saturated rings. The van der Waals surface area contributed by atoms with Crippen molar-refractivity contribution in [2.75, 3.05) is 27.7 Å². The number of hydrogen-bond acceptors (Lipinski definition) is 5. The zero-order chi connectivity index (χ0) is 22.1. The second kappa shape index (κ2) is 8.51. The lowest BCUT2D eigenvalue weighted by Gasteiger charge is -2.40. The Balaban J connectivity index is 1.62. The van der Waals surface area contributed by atoms with Crippen LogP contribution in [0.15, 0.2) is 59.6 Å². The van der Waals surface area contributed by atoms with Gasteiger partial charge in [-0.25, -0.2) is 9.79 Å². The van der Waals surface area contributed by atoms with E-state index in [1.807, 2.05) is 37.4 Å². The molecular weight excluding hydrogens is 390 g/mol. The van der Waals surface area contributed by atoms with Gasteiger partial charge in [0.1, 0.15) is 5.84 Å². The first-order valence-electron chi connectivity index (χ1n) is 10.5. The molecule has 3 amide bonds. The van der Waals surface area contributed by atoms with Gasteiger partial charge in [0.05, 0.1) is 6.54 Å². The van der Waals surface area contributed by atoms with Gasteiger partial charge < -0.3 is 9.80 Å². The highest BCUT2D eigenvalue weighted by Gasteiger charge is 2.50. The van der Waals surface area contributed by atoms with E-state index >= 15 is 0 Å². The molecule has 0 aliphatic carbocycles. The second-order valence-corrected chi connectivity index (χ2v) is 8.41. The number of carbonyl (C=O) groups excluding carboxylic acids is 2. The Morgan fingerprint density at radius 2 is 1.65 bits per heavy atom. The van der Waals surface area contributed by atoms with Gasteiger partial charge in [-0.05, 0) is 30.7 Å². The highest BCUT2D eigenvalue weighted by Crippen LogP contribution is 2.29. The minimum atomic E-state index is -0.507. The van der Waals surface area contributed by atoms with Crippen molar-refractivity contribution in [1.29, 1.82) is 0 Å². The second-order valence-electron chi connectivity index (χ2n) is 8.41. The number of hydrogen-bond donors (Lipinski definition) is 0. The quantitative estimate of drug-likeness (QED) is 0.722. The van der Waals surface area contributed by atoms with Crippen LogP contribution in [0, 0.1) is 6.92 Å². The molecule has 2 aromatic rings. The van der Waals surface area contributed by atoms with E-state index < -0.39 is 12.2 Å². The molecule has 2 atom stereocenters. The summed E-state index contributed by atoms with van der Waals surface area (Å²) in [6.45, 7) is 4.02. The summed E-state index contributed by atoms with van der Waals surface area (Å²) in [6, 6.07) is 17.6. The average molecular weight is 420 g/mol. The molecule has 162 valence electrons.